The summed E-state index contributed by atoms with van der Waals surface area (Å²) < 4.78 is 16.7. The molecule has 1 amide bonds. The van der Waals surface area contributed by atoms with E-state index in [2.05, 4.69) is 5.32 Å². The third kappa shape index (κ3) is 5.00. The van der Waals surface area contributed by atoms with Crippen molar-refractivity contribution in [1.82, 2.24) is 0 Å². The molecule has 0 bridgehead atoms. The number of rotatable bonds is 6. The Bertz CT molecular complexity index is 802. The Morgan fingerprint density at radius 3 is 2.40 bits per heavy atom. The Hall–Kier alpha value is -2.47. The van der Waals surface area contributed by atoms with E-state index in [1.807, 2.05) is 38.1 Å². The van der Waals surface area contributed by atoms with Crippen LogP contribution in [0.2, 0.25) is 0 Å². The van der Waals surface area contributed by atoms with E-state index in [4.69, 9.17) is 4.74 Å². The van der Waals surface area contributed by atoms with Crippen molar-refractivity contribution >= 4 is 28.4 Å². The van der Waals surface area contributed by atoms with Gasteiger partial charge in [0.1, 0.15) is 0 Å². The molecule has 1 N–H and O–H groups in total. The second-order valence-corrected chi connectivity index (χ2v) is 7.16. The molecule has 0 unspecified atom stereocenters. The van der Waals surface area contributed by atoms with Gasteiger partial charge in [0, 0.05) is 11.9 Å². The van der Waals surface area contributed by atoms with Crippen molar-refractivity contribution in [2.24, 2.45) is 0 Å². The molecule has 5 nitrogen and oxygen atoms in total. The summed E-state index contributed by atoms with van der Waals surface area (Å²) >= 11 is 0. The van der Waals surface area contributed by atoms with E-state index in [1.54, 1.807) is 18.2 Å². The monoisotopic (exact) mass is 359 g/mol. The first-order chi connectivity index (χ1) is 11.9. The van der Waals surface area contributed by atoms with Crippen LogP contribution in [0.15, 0.2) is 53.4 Å². The minimum absolute atomic E-state index is 0.207. The highest BCUT2D eigenvalue weighted by Gasteiger charge is 2.16. The van der Waals surface area contributed by atoms with Crippen LogP contribution in [0, 0.1) is 0 Å². The minimum atomic E-state index is -1.32. The topological polar surface area (TPSA) is 72.5 Å². The fourth-order valence-corrected chi connectivity index (χ4v) is 3.13. The highest BCUT2D eigenvalue weighted by atomic mass is 32.2. The maximum absolute atomic E-state index is 12.2. The van der Waals surface area contributed by atoms with Gasteiger partial charge in [0.15, 0.2) is 6.61 Å². The lowest BCUT2D eigenvalue weighted by Crippen LogP contribution is -2.22. The van der Waals surface area contributed by atoms with Gasteiger partial charge in [-0.05, 0) is 29.7 Å². The number of para-hydroxylation sites is 1. The number of carbonyl (C=O) groups excluding carboxylic acids is 2. The zero-order valence-corrected chi connectivity index (χ0v) is 15.3. The average molecular weight is 359 g/mol. The third-order valence-electron chi connectivity index (χ3n) is 3.61. The molecule has 0 saturated heterocycles. The second-order valence-electron chi connectivity index (χ2n) is 5.82. The van der Waals surface area contributed by atoms with Gasteiger partial charge in [0.25, 0.3) is 5.91 Å². The van der Waals surface area contributed by atoms with Crippen molar-refractivity contribution in [3.8, 4) is 0 Å². The molecule has 1 atom stereocenters. The van der Waals surface area contributed by atoms with E-state index in [1.165, 1.54) is 12.3 Å². The third-order valence-corrected chi connectivity index (χ3v) is 4.58. The number of nitrogens with one attached hydrogen (secondary N) is 1. The largest absolute Gasteiger partial charge is 0.452 e. The SMILES string of the molecule is CC(C)c1ccccc1NC(=O)COC(=O)c1ccccc1[S@](C)=O. The number of benzene rings is 2. The van der Waals surface area contributed by atoms with Gasteiger partial charge < -0.3 is 10.1 Å². The normalized spacial score (nSPS) is 11.8. The lowest BCUT2D eigenvalue weighted by molar-refractivity contribution is -0.119. The molecular weight excluding hydrogens is 338 g/mol. The lowest BCUT2D eigenvalue weighted by atomic mass is 10.0. The van der Waals surface area contributed by atoms with Crippen LogP contribution in [0.4, 0.5) is 5.69 Å². The van der Waals surface area contributed by atoms with Gasteiger partial charge in [-0.15, -0.1) is 0 Å². The first-order valence-corrected chi connectivity index (χ1v) is 9.44. The molecule has 0 heterocycles. The summed E-state index contributed by atoms with van der Waals surface area (Å²) in [7, 11) is -1.32. The van der Waals surface area contributed by atoms with Gasteiger partial charge in [0.05, 0.1) is 21.3 Å². The second kappa shape index (κ2) is 8.58. The van der Waals surface area contributed by atoms with Crippen molar-refractivity contribution in [1.29, 1.82) is 0 Å². The summed E-state index contributed by atoms with van der Waals surface area (Å²) in [6.45, 7) is 3.66. The van der Waals surface area contributed by atoms with Crippen molar-refractivity contribution in [3.63, 3.8) is 0 Å². The molecule has 132 valence electrons. The standard InChI is InChI=1S/C19H21NO4S/c1-13(2)14-8-4-6-10-16(14)20-18(21)12-24-19(22)15-9-5-7-11-17(15)25(3)23/h4-11,13H,12H2,1-3H3,(H,20,21)/t25-/m0/s1. The van der Waals surface area contributed by atoms with Crippen molar-refractivity contribution in [2.45, 2.75) is 24.7 Å². The summed E-state index contributed by atoms with van der Waals surface area (Å²) in [5.41, 5.74) is 1.92. The molecule has 2 aromatic rings. The molecule has 2 aromatic carbocycles. The average Bonchev–Trinajstić information content (AvgIpc) is 2.60. The maximum Gasteiger partial charge on any atom is 0.339 e. The molecule has 0 fully saturated rings. The van der Waals surface area contributed by atoms with Crippen LogP contribution in [0.1, 0.15) is 35.7 Å². The van der Waals surface area contributed by atoms with E-state index in [0.717, 1.165) is 5.56 Å². The molecular formula is C19H21NO4S. The zero-order chi connectivity index (χ0) is 18.4. The molecule has 0 aliphatic rings. The molecule has 2 rings (SSSR count). The molecule has 0 aliphatic carbocycles. The number of ether oxygens (including phenoxy) is 1. The smallest absolute Gasteiger partial charge is 0.339 e. The van der Waals surface area contributed by atoms with Crippen LogP contribution < -0.4 is 5.32 Å². The highest BCUT2D eigenvalue weighted by molar-refractivity contribution is 7.84. The predicted octanol–water partition coefficient (Wildman–Crippen LogP) is 3.34. The number of carbonyl (C=O) groups is 2. The fourth-order valence-electron chi connectivity index (χ4n) is 2.40. The quantitative estimate of drug-likeness (QED) is 0.803. The minimum Gasteiger partial charge on any atom is -0.452 e. The van der Waals surface area contributed by atoms with Gasteiger partial charge >= 0.3 is 5.97 Å². The molecule has 25 heavy (non-hydrogen) atoms. The number of amides is 1. The van der Waals surface area contributed by atoms with Crippen LogP contribution in [0.3, 0.4) is 0 Å². The molecule has 0 spiro atoms. The number of hydrogen-bond donors (Lipinski definition) is 1. The Balaban J connectivity index is 2.01. The maximum atomic E-state index is 12.2. The van der Waals surface area contributed by atoms with E-state index in [9.17, 15) is 13.8 Å². The van der Waals surface area contributed by atoms with Gasteiger partial charge in [0.2, 0.25) is 0 Å². The number of hydrogen-bond acceptors (Lipinski definition) is 4. The Morgan fingerprint density at radius 1 is 1.08 bits per heavy atom. The zero-order valence-electron chi connectivity index (χ0n) is 14.4. The molecule has 0 aliphatic heterocycles. The van der Waals surface area contributed by atoms with Crippen LogP contribution in [0.25, 0.3) is 0 Å². The number of anilines is 1. The Labute approximate surface area is 149 Å². The van der Waals surface area contributed by atoms with E-state index >= 15 is 0 Å². The molecule has 6 heteroatoms. The number of esters is 1. The lowest BCUT2D eigenvalue weighted by Gasteiger charge is -2.14. The summed E-state index contributed by atoms with van der Waals surface area (Å²) in [4.78, 5) is 24.6. The van der Waals surface area contributed by atoms with Crippen molar-refractivity contribution in [3.05, 3.63) is 59.7 Å². The first-order valence-electron chi connectivity index (χ1n) is 7.88. The van der Waals surface area contributed by atoms with Crippen LogP contribution in [-0.4, -0.2) is 28.9 Å². The van der Waals surface area contributed by atoms with Gasteiger partial charge in [-0.2, -0.15) is 0 Å². The summed E-state index contributed by atoms with van der Waals surface area (Å²) in [5, 5.41) is 2.76. The van der Waals surface area contributed by atoms with Crippen LogP contribution >= 0.6 is 0 Å². The van der Waals surface area contributed by atoms with E-state index < -0.39 is 29.3 Å². The molecule has 0 aromatic heterocycles. The molecule has 0 radical (unpaired) electrons. The Morgan fingerprint density at radius 2 is 1.72 bits per heavy atom. The highest BCUT2D eigenvalue weighted by Crippen LogP contribution is 2.23. The van der Waals surface area contributed by atoms with Crippen molar-refractivity contribution in [2.75, 3.05) is 18.2 Å². The predicted molar refractivity (Wildman–Crippen MR) is 98.2 cm³/mol. The van der Waals surface area contributed by atoms with Crippen LogP contribution in [0.5, 0.6) is 0 Å². The summed E-state index contributed by atoms with van der Waals surface area (Å²) in [6.07, 6.45) is 1.49. The van der Waals surface area contributed by atoms with Crippen LogP contribution in [-0.2, 0) is 20.3 Å². The fraction of sp³-hybridized carbons (Fsp3) is 0.263. The first kappa shape index (κ1) is 18.9. The van der Waals surface area contributed by atoms with E-state index in [0.29, 0.717) is 10.6 Å². The van der Waals surface area contributed by atoms with E-state index in [-0.39, 0.29) is 11.5 Å². The summed E-state index contributed by atoms with van der Waals surface area (Å²) in [5.74, 6) is -0.833. The van der Waals surface area contributed by atoms with Gasteiger partial charge in [-0.3, -0.25) is 9.00 Å². The summed E-state index contributed by atoms with van der Waals surface area (Å²) in [6, 6.07) is 14.0. The Kier molecular flexibility index (Phi) is 6.47. The van der Waals surface area contributed by atoms with Crippen molar-refractivity contribution < 1.29 is 18.5 Å². The molecule has 0 saturated carbocycles. The van der Waals surface area contributed by atoms with Gasteiger partial charge in [-0.1, -0.05) is 44.2 Å². The van der Waals surface area contributed by atoms with Gasteiger partial charge in [-0.25, -0.2) is 4.79 Å².